The van der Waals surface area contributed by atoms with Crippen molar-refractivity contribution in [1.82, 2.24) is 5.43 Å². The SMILES string of the molecule is NC(=O)N/N=C/COC(=O)c1ccccc1. The van der Waals surface area contributed by atoms with E-state index in [4.69, 9.17) is 10.5 Å². The second-order valence-corrected chi connectivity index (χ2v) is 2.75. The van der Waals surface area contributed by atoms with Crippen LogP contribution in [0.5, 0.6) is 0 Å². The van der Waals surface area contributed by atoms with Crippen molar-refractivity contribution in [3.63, 3.8) is 0 Å². The zero-order valence-corrected chi connectivity index (χ0v) is 8.42. The Hall–Kier alpha value is -2.37. The first-order chi connectivity index (χ1) is 7.70. The topological polar surface area (TPSA) is 93.8 Å². The third-order valence-corrected chi connectivity index (χ3v) is 1.56. The third kappa shape index (κ3) is 4.23. The molecule has 16 heavy (non-hydrogen) atoms. The van der Waals surface area contributed by atoms with Gasteiger partial charge in [-0.05, 0) is 12.1 Å². The molecule has 0 atom stereocenters. The predicted molar refractivity (Wildman–Crippen MR) is 57.9 cm³/mol. The van der Waals surface area contributed by atoms with E-state index >= 15 is 0 Å². The molecule has 2 amide bonds. The van der Waals surface area contributed by atoms with Gasteiger partial charge in [-0.1, -0.05) is 18.2 Å². The molecular weight excluding hydrogens is 210 g/mol. The van der Waals surface area contributed by atoms with Crippen molar-refractivity contribution in [2.24, 2.45) is 10.8 Å². The highest BCUT2D eigenvalue weighted by atomic mass is 16.5. The Balaban J connectivity index is 2.31. The number of urea groups is 1. The molecule has 3 N–H and O–H groups in total. The van der Waals surface area contributed by atoms with Crippen LogP contribution in [0.3, 0.4) is 0 Å². The molecule has 0 aliphatic rings. The van der Waals surface area contributed by atoms with E-state index in [9.17, 15) is 9.59 Å². The Morgan fingerprint density at radius 3 is 2.69 bits per heavy atom. The largest absolute Gasteiger partial charge is 0.456 e. The maximum absolute atomic E-state index is 11.3. The van der Waals surface area contributed by atoms with Crippen LogP contribution in [0, 0.1) is 0 Å². The molecule has 0 saturated heterocycles. The smallest absolute Gasteiger partial charge is 0.338 e. The summed E-state index contributed by atoms with van der Waals surface area (Å²) in [7, 11) is 0. The molecule has 0 bridgehead atoms. The summed E-state index contributed by atoms with van der Waals surface area (Å²) in [6.45, 7) is -0.0337. The molecule has 0 spiro atoms. The summed E-state index contributed by atoms with van der Waals surface area (Å²) >= 11 is 0. The van der Waals surface area contributed by atoms with Gasteiger partial charge in [0.1, 0.15) is 6.61 Å². The molecule has 1 rings (SSSR count). The van der Waals surface area contributed by atoms with E-state index in [-0.39, 0.29) is 6.61 Å². The summed E-state index contributed by atoms with van der Waals surface area (Å²) in [5.74, 6) is -0.453. The number of hydrogen-bond donors (Lipinski definition) is 2. The molecule has 6 nitrogen and oxygen atoms in total. The van der Waals surface area contributed by atoms with E-state index in [0.29, 0.717) is 5.56 Å². The van der Waals surface area contributed by atoms with Crippen molar-refractivity contribution in [3.8, 4) is 0 Å². The molecule has 0 aliphatic carbocycles. The molecule has 0 heterocycles. The lowest BCUT2D eigenvalue weighted by Gasteiger charge is -2.00. The van der Waals surface area contributed by atoms with Gasteiger partial charge in [0, 0.05) is 0 Å². The fourth-order valence-electron chi connectivity index (χ4n) is 0.917. The van der Waals surface area contributed by atoms with Crippen molar-refractivity contribution >= 4 is 18.2 Å². The number of carbonyl (C=O) groups excluding carboxylic acids is 2. The Kier molecular flexibility index (Phi) is 4.52. The number of benzene rings is 1. The fraction of sp³-hybridized carbons (Fsp3) is 0.100. The van der Waals surface area contributed by atoms with Crippen molar-refractivity contribution in [3.05, 3.63) is 35.9 Å². The maximum Gasteiger partial charge on any atom is 0.338 e. The zero-order valence-electron chi connectivity index (χ0n) is 8.42. The van der Waals surface area contributed by atoms with E-state index in [1.165, 1.54) is 6.21 Å². The lowest BCUT2D eigenvalue weighted by molar-refractivity contribution is 0.0567. The number of nitrogens with one attached hydrogen (secondary N) is 1. The van der Waals surface area contributed by atoms with Gasteiger partial charge >= 0.3 is 12.0 Å². The van der Waals surface area contributed by atoms with Crippen LogP contribution in [0.1, 0.15) is 10.4 Å². The van der Waals surface area contributed by atoms with Crippen LogP contribution < -0.4 is 11.2 Å². The minimum Gasteiger partial charge on any atom is -0.456 e. The summed E-state index contributed by atoms with van der Waals surface area (Å²) in [6.07, 6.45) is 1.23. The summed E-state index contributed by atoms with van der Waals surface area (Å²) in [6, 6.07) is 7.78. The van der Waals surface area contributed by atoms with E-state index in [1.807, 2.05) is 5.43 Å². The quantitative estimate of drug-likeness (QED) is 0.440. The molecular formula is C10H11N3O3. The molecule has 0 aromatic heterocycles. The van der Waals surface area contributed by atoms with Crippen molar-refractivity contribution in [2.75, 3.05) is 6.61 Å². The standard InChI is InChI=1S/C10H11N3O3/c11-10(15)13-12-6-7-16-9(14)8-4-2-1-3-5-8/h1-6H,7H2,(H3,11,13,15)/b12-6+. The molecule has 6 heteroatoms. The van der Waals surface area contributed by atoms with Gasteiger partial charge < -0.3 is 10.5 Å². The van der Waals surface area contributed by atoms with E-state index in [2.05, 4.69) is 5.10 Å². The highest BCUT2D eigenvalue weighted by Gasteiger charge is 2.03. The molecule has 0 unspecified atom stereocenters. The Labute approximate surface area is 92.1 Å². The first kappa shape index (κ1) is 11.7. The number of amides is 2. The normalized spacial score (nSPS) is 10.0. The molecule has 0 saturated carbocycles. The van der Waals surface area contributed by atoms with Gasteiger partial charge in [0.25, 0.3) is 0 Å². The van der Waals surface area contributed by atoms with E-state index < -0.39 is 12.0 Å². The summed E-state index contributed by atoms with van der Waals surface area (Å²) < 4.78 is 4.83. The fourth-order valence-corrected chi connectivity index (χ4v) is 0.917. The van der Waals surface area contributed by atoms with E-state index in [1.54, 1.807) is 30.3 Å². The molecule has 0 radical (unpaired) electrons. The first-order valence-electron chi connectivity index (χ1n) is 4.49. The summed E-state index contributed by atoms with van der Waals surface area (Å²) in [4.78, 5) is 21.6. The Morgan fingerprint density at radius 1 is 1.38 bits per heavy atom. The predicted octanol–water partition coefficient (Wildman–Crippen LogP) is 0.497. The van der Waals surface area contributed by atoms with Gasteiger partial charge in [-0.3, -0.25) is 0 Å². The zero-order chi connectivity index (χ0) is 11.8. The van der Waals surface area contributed by atoms with Crippen LogP contribution in [-0.2, 0) is 4.74 Å². The van der Waals surface area contributed by atoms with Crippen LogP contribution in [0.2, 0.25) is 0 Å². The monoisotopic (exact) mass is 221 g/mol. The minimum atomic E-state index is -0.773. The average molecular weight is 221 g/mol. The summed E-state index contributed by atoms with van der Waals surface area (Å²) in [5.41, 5.74) is 7.19. The van der Waals surface area contributed by atoms with Crippen LogP contribution >= 0.6 is 0 Å². The van der Waals surface area contributed by atoms with Gasteiger partial charge in [0.05, 0.1) is 11.8 Å². The van der Waals surface area contributed by atoms with Gasteiger partial charge in [0.2, 0.25) is 0 Å². The Morgan fingerprint density at radius 2 is 2.06 bits per heavy atom. The Bertz CT molecular complexity index is 390. The van der Waals surface area contributed by atoms with Gasteiger partial charge in [0.15, 0.2) is 0 Å². The molecule has 84 valence electrons. The number of hydrogen-bond acceptors (Lipinski definition) is 4. The molecule has 0 fully saturated rings. The number of primary amides is 1. The van der Waals surface area contributed by atoms with Gasteiger partial charge in [-0.25, -0.2) is 15.0 Å². The maximum atomic E-state index is 11.3. The second-order valence-electron chi connectivity index (χ2n) is 2.75. The number of carbonyl (C=O) groups is 2. The van der Waals surface area contributed by atoms with Crippen LogP contribution in [0.25, 0.3) is 0 Å². The van der Waals surface area contributed by atoms with Crippen molar-refractivity contribution in [2.45, 2.75) is 0 Å². The third-order valence-electron chi connectivity index (χ3n) is 1.56. The molecule has 0 aliphatic heterocycles. The van der Waals surface area contributed by atoms with Gasteiger partial charge in [-0.2, -0.15) is 5.10 Å². The van der Waals surface area contributed by atoms with Crippen LogP contribution in [-0.4, -0.2) is 24.8 Å². The average Bonchev–Trinajstić information content (AvgIpc) is 2.29. The van der Waals surface area contributed by atoms with Crippen molar-refractivity contribution < 1.29 is 14.3 Å². The highest BCUT2D eigenvalue weighted by molar-refractivity contribution is 5.90. The lowest BCUT2D eigenvalue weighted by atomic mass is 10.2. The number of esters is 1. The number of nitrogens with two attached hydrogens (primary N) is 1. The first-order valence-corrected chi connectivity index (χ1v) is 4.49. The van der Waals surface area contributed by atoms with Gasteiger partial charge in [-0.15, -0.1) is 0 Å². The minimum absolute atomic E-state index is 0.0337. The van der Waals surface area contributed by atoms with Crippen molar-refractivity contribution in [1.29, 1.82) is 0 Å². The lowest BCUT2D eigenvalue weighted by Crippen LogP contribution is -2.24. The molecule has 1 aromatic carbocycles. The number of nitrogens with zero attached hydrogens (tertiary/aromatic N) is 1. The highest BCUT2D eigenvalue weighted by Crippen LogP contribution is 1.99. The van der Waals surface area contributed by atoms with Crippen LogP contribution in [0.4, 0.5) is 4.79 Å². The molecule has 1 aromatic rings. The number of hydrazone groups is 1. The summed E-state index contributed by atoms with van der Waals surface area (Å²) in [5, 5.41) is 3.41. The number of rotatable bonds is 4. The van der Waals surface area contributed by atoms with E-state index in [0.717, 1.165) is 0 Å². The van der Waals surface area contributed by atoms with Crippen LogP contribution in [0.15, 0.2) is 35.4 Å². The number of ether oxygens (including phenoxy) is 1. The second kappa shape index (κ2) is 6.18.